The van der Waals surface area contributed by atoms with Gasteiger partial charge >= 0.3 is 0 Å². The largest absolute Gasteiger partial charge is 0.350 e. The molecule has 3 heterocycles. The van der Waals surface area contributed by atoms with Crippen molar-refractivity contribution in [3.05, 3.63) is 69.7 Å². The monoisotopic (exact) mass is 425 g/mol. The fourth-order valence-electron chi connectivity index (χ4n) is 3.05. The number of hydrogen-bond donors (Lipinski definition) is 1. The van der Waals surface area contributed by atoms with E-state index in [0.717, 1.165) is 4.88 Å². The highest BCUT2D eigenvalue weighted by molar-refractivity contribution is 8.00. The minimum atomic E-state index is -0.374. The van der Waals surface area contributed by atoms with Crippen LogP contribution in [0.3, 0.4) is 0 Å². The molecule has 1 unspecified atom stereocenters. The molecule has 148 valence electrons. The van der Waals surface area contributed by atoms with Crippen LogP contribution in [0.4, 0.5) is 0 Å². The van der Waals surface area contributed by atoms with Gasteiger partial charge < -0.3 is 5.32 Å². The second kappa shape index (κ2) is 8.22. The number of rotatable bonds is 7. The van der Waals surface area contributed by atoms with E-state index in [1.807, 2.05) is 47.0 Å². The Kier molecular flexibility index (Phi) is 5.50. The lowest BCUT2D eigenvalue weighted by atomic mass is 10.2. The molecule has 0 saturated carbocycles. The second-order valence-corrected chi connectivity index (χ2v) is 8.74. The zero-order valence-electron chi connectivity index (χ0n) is 15.7. The number of nitrogens with zero attached hydrogens (tertiary/aromatic N) is 4. The summed E-state index contributed by atoms with van der Waals surface area (Å²) in [5, 5.41) is 14.2. The van der Waals surface area contributed by atoms with Crippen LogP contribution in [-0.4, -0.2) is 30.3 Å². The molecule has 29 heavy (non-hydrogen) atoms. The molecule has 0 spiro atoms. The lowest BCUT2D eigenvalue weighted by Gasteiger charge is -2.12. The van der Waals surface area contributed by atoms with E-state index in [4.69, 9.17) is 0 Å². The highest BCUT2D eigenvalue weighted by Gasteiger charge is 2.21. The number of nitrogens with one attached hydrogen (secondary N) is 1. The molecule has 7 nitrogen and oxygen atoms in total. The molecular formula is C20H19N5O2S2. The Morgan fingerprint density at radius 2 is 2.14 bits per heavy atom. The van der Waals surface area contributed by atoms with Crippen molar-refractivity contribution in [1.82, 2.24) is 24.5 Å². The standard InChI is InChI=1S/C20H19N5O2S2/c1-3-10-24-18(27)15-8-4-5-9-16(15)25-19(24)22-23-20(25)29-13(2)17(26)21-12-14-7-6-11-28-14/h3-9,11,13H,1,10,12H2,2H3,(H,21,26). The fourth-order valence-corrected chi connectivity index (χ4v) is 4.57. The summed E-state index contributed by atoms with van der Waals surface area (Å²) in [6.45, 7) is 6.39. The number of fused-ring (bicyclic) bond motifs is 3. The Morgan fingerprint density at radius 1 is 1.31 bits per heavy atom. The summed E-state index contributed by atoms with van der Waals surface area (Å²) in [5.41, 5.74) is 0.574. The van der Waals surface area contributed by atoms with E-state index in [2.05, 4.69) is 22.1 Å². The number of thiophene rings is 1. The first-order valence-electron chi connectivity index (χ1n) is 9.04. The highest BCUT2D eigenvalue weighted by Crippen LogP contribution is 2.25. The number of allylic oxidation sites excluding steroid dienone is 1. The highest BCUT2D eigenvalue weighted by atomic mass is 32.2. The number of thioether (sulfide) groups is 1. The van der Waals surface area contributed by atoms with Crippen molar-refractivity contribution < 1.29 is 4.79 Å². The average Bonchev–Trinajstić information content (AvgIpc) is 3.39. The molecule has 0 saturated heterocycles. The smallest absolute Gasteiger partial charge is 0.263 e. The Labute approximate surface area is 175 Å². The molecule has 1 N–H and O–H groups in total. The number of amides is 1. The van der Waals surface area contributed by atoms with E-state index < -0.39 is 0 Å². The third-order valence-corrected chi connectivity index (χ3v) is 6.38. The molecule has 4 rings (SSSR count). The first-order chi connectivity index (χ1) is 14.1. The van der Waals surface area contributed by atoms with E-state index in [1.165, 1.54) is 16.3 Å². The molecule has 1 aromatic carbocycles. The minimum absolute atomic E-state index is 0.0798. The Morgan fingerprint density at radius 3 is 2.90 bits per heavy atom. The molecule has 0 bridgehead atoms. The fraction of sp³-hybridized carbons (Fsp3) is 0.200. The van der Waals surface area contributed by atoms with Gasteiger partial charge in [-0.15, -0.1) is 28.1 Å². The van der Waals surface area contributed by atoms with Gasteiger partial charge in [-0.2, -0.15) is 0 Å². The molecule has 1 atom stereocenters. The zero-order chi connectivity index (χ0) is 20.4. The molecule has 4 aromatic rings. The quantitative estimate of drug-likeness (QED) is 0.364. The van der Waals surface area contributed by atoms with E-state index in [0.29, 0.717) is 34.9 Å². The topological polar surface area (TPSA) is 81.3 Å². The van der Waals surface area contributed by atoms with Crippen molar-refractivity contribution >= 4 is 45.7 Å². The van der Waals surface area contributed by atoms with Crippen molar-refractivity contribution in [3.63, 3.8) is 0 Å². The number of hydrogen-bond acceptors (Lipinski definition) is 6. The predicted octanol–water partition coefficient (Wildman–Crippen LogP) is 3.09. The second-order valence-electron chi connectivity index (χ2n) is 6.40. The van der Waals surface area contributed by atoms with Crippen LogP contribution in [0, 0.1) is 0 Å². The van der Waals surface area contributed by atoms with E-state index in [1.54, 1.807) is 23.5 Å². The lowest BCUT2D eigenvalue weighted by Crippen LogP contribution is -2.30. The molecule has 1 amide bonds. The molecule has 0 fully saturated rings. The molecule has 0 radical (unpaired) electrons. The summed E-state index contributed by atoms with van der Waals surface area (Å²) in [4.78, 5) is 26.5. The zero-order valence-corrected chi connectivity index (χ0v) is 17.4. The summed E-state index contributed by atoms with van der Waals surface area (Å²) in [5.74, 6) is 0.353. The van der Waals surface area contributed by atoms with Gasteiger partial charge in [0.05, 0.1) is 22.7 Å². The summed E-state index contributed by atoms with van der Waals surface area (Å²) >= 11 is 2.92. The molecule has 3 aromatic heterocycles. The SMILES string of the molecule is C=CCn1c(=O)c2ccccc2n2c(SC(C)C(=O)NCc3cccs3)nnc12. The van der Waals surface area contributed by atoms with Crippen molar-refractivity contribution in [2.24, 2.45) is 0 Å². The van der Waals surface area contributed by atoms with Crippen LogP contribution >= 0.6 is 23.1 Å². The number of benzene rings is 1. The van der Waals surface area contributed by atoms with Gasteiger partial charge in [-0.1, -0.05) is 36.0 Å². The van der Waals surface area contributed by atoms with Crippen LogP contribution in [0.15, 0.2) is 64.4 Å². The van der Waals surface area contributed by atoms with E-state index in [9.17, 15) is 9.59 Å². The molecular weight excluding hydrogens is 406 g/mol. The van der Waals surface area contributed by atoms with Gasteiger partial charge in [-0.25, -0.2) is 0 Å². The van der Waals surface area contributed by atoms with Gasteiger partial charge in [-0.05, 0) is 30.5 Å². The predicted molar refractivity (Wildman–Crippen MR) is 116 cm³/mol. The van der Waals surface area contributed by atoms with Gasteiger partial charge in [0.1, 0.15) is 0 Å². The minimum Gasteiger partial charge on any atom is -0.350 e. The van der Waals surface area contributed by atoms with Crippen molar-refractivity contribution in [3.8, 4) is 0 Å². The number of carbonyl (C=O) groups is 1. The summed E-state index contributed by atoms with van der Waals surface area (Å²) < 4.78 is 3.36. The van der Waals surface area contributed by atoms with Crippen molar-refractivity contribution in [1.29, 1.82) is 0 Å². The van der Waals surface area contributed by atoms with Gasteiger partial charge in [0.25, 0.3) is 5.56 Å². The van der Waals surface area contributed by atoms with Crippen molar-refractivity contribution in [2.75, 3.05) is 0 Å². The Balaban J connectivity index is 1.68. The van der Waals surface area contributed by atoms with Gasteiger partial charge in [0.2, 0.25) is 11.7 Å². The summed E-state index contributed by atoms with van der Waals surface area (Å²) in [6.07, 6.45) is 1.65. The molecule has 0 aliphatic rings. The van der Waals surface area contributed by atoms with E-state index >= 15 is 0 Å². The molecule has 9 heteroatoms. The molecule has 0 aliphatic carbocycles. The lowest BCUT2D eigenvalue weighted by molar-refractivity contribution is -0.120. The number of para-hydroxylation sites is 1. The maximum absolute atomic E-state index is 12.8. The summed E-state index contributed by atoms with van der Waals surface area (Å²) in [6, 6.07) is 11.3. The van der Waals surface area contributed by atoms with Crippen LogP contribution in [-0.2, 0) is 17.9 Å². The maximum atomic E-state index is 12.8. The van der Waals surface area contributed by atoms with Gasteiger partial charge in [0.15, 0.2) is 5.16 Å². The van der Waals surface area contributed by atoms with Crippen LogP contribution in [0.1, 0.15) is 11.8 Å². The Bertz CT molecular complexity index is 1240. The van der Waals surface area contributed by atoms with Gasteiger partial charge in [-0.3, -0.25) is 18.6 Å². The third-order valence-electron chi connectivity index (χ3n) is 4.46. The van der Waals surface area contributed by atoms with Crippen LogP contribution < -0.4 is 10.9 Å². The number of aromatic nitrogens is 4. The normalized spacial score (nSPS) is 12.3. The third kappa shape index (κ3) is 3.70. The first-order valence-corrected chi connectivity index (χ1v) is 10.8. The van der Waals surface area contributed by atoms with E-state index in [-0.39, 0.29) is 16.7 Å². The first kappa shape index (κ1) is 19.4. The van der Waals surface area contributed by atoms with Crippen molar-refractivity contribution in [2.45, 2.75) is 30.4 Å². The molecule has 0 aliphatic heterocycles. The summed E-state index contributed by atoms with van der Waals surface area (Å²) in [7, 11) is 0. The Hall–Kier alpha value is -2.91. The average molecular weight is 426 g/mol. The van der Waals surface area contributed by atoms with Gasteiger partial charge in [0, 0.05) is 11.4 Å². The van der Waals surface area contributed by atoms with Crippen LogP contribution in [0.2, 0.25) is 0 Å². The van der Waals surface area contributed by atoms with Crippen LogP contribution in [0.25, 0.3) is 16.7 Å². The number of carbonyl (C=O) groups excluding carboxylic acids is 1. The van der Waals surface area contributed by atoms with Crippen LogP contribution in [0.5, 0.6) is 0 Å². The maximum Gasteiger partial charge on any atom is 0.263 e.